The summed E-state index contributed by atoms with van der Waals surface area (Å²) in [5, 5.41) is 6.61. The lowest BCUT2D eigenvalue weighted by molar-refractivity contribution is -0.117. The Kier molecular flexibility index (Phi) is 6.75. The first kappa shape index (κ1) is 20.8. The number of nitrogens with zero attached hydrogens (tertiary/aromatic N) is 1. The van der Waals surface area contributed by atoms with Crippen molar-refractivity contribution in [3.63, 3.8) is 0 Å². The Bertz CT molecular complexity index is 849. The van der Waals surface area contributed by atoms with Gasteiger partial charge < -0.3 is 10.6 Å². The van der Waals surface area contributed by atoms with E-state index < -0.39 is 0 Å². The number of carbonyl (C=O) groups excluding carboxylic acids is 2. The van der Waals surface area contributed by atoms with Gasteiger partial charge in [-0.1, -0.05) is 17.7 Å². The van der Waals surface area contributed by atoms with Crippen molar-refractivity contribution in [3.05, 3.63) is 50.2 Å². The third-order valence-corrected chi connectivity index (χ3v) is 6.25. The predicted molar refractivity (Wildman–Crippen MR) is 116 cm³/mol. The number of carbonyl (C=O) groups is 2. The molecule has 0 unspecified atom stereocenters. The summed E-state index contributed by atoms with van der Waals surface area (Å²) < 4.78 is 0. The molecule has 0 saturated carbocycles. The highest BCUT2D eigenvalue weighted by Crippen LogP contribution is 2.27. The molecule has 2 aromatic rings. The molecule has 0 bridgehead atoms. The molecule has 150 valence electrons. The normalized spacial score (nSPS) is 15.4. The Labute approximate surface area is 175 Å². The Hall–Kier alpha value is -1.89. The summed E-state index contributed by atoms with van der Waals surface area (Å²) in [6, 6.07) is 7.84. The van der Waals surface area contributed by atoms with Gasteiger partial charge in [-0.3, -0.25) is 14.5 Å². The molecule has 1 fully saturated rings. The second-order valence-corrected chi connectivity index (χ2v) is 9.12. The first-order valence-electron chi connectivity index (χ1n) is 9.48. The van der Waals surface area contributed by atoms with Crippen LogP contribution in [0.5, 0.6) is 0 Å². The van der Waals surface area contributed by atoms with E-state index in [9.17, 15) is 9.59 Å². The third-order valence-electron chi connectivity index (χ3n) is 4.95. The average molecular weight is 420 g/mol. The molecule has 0 spiro atoms. The van der Waals surface area contributed by atoms with Crippen molar-refractivity contribution in [1.29, 1.82) is 0 Å². The number of likely N-dealkylation sites (tertiary alicyclic amines) is 1. The van der Waals surface area contributed by atoms with Gasteiger partial charge in [0, 0.05) is 24.0 Å². The van der Waals surface area contributed by atoms with Crippen LogP contribution in [0.25, 0.3) is 0 Å². The van der Waals surface area contributed by atoms with E-state index in [2.05, 4.69) is 15.5 Å². The minimum atomic E-state index is -0.0644. The topological polar surface area (TPSA) is 61.4 Å². The van der Waals surface area contributed by atoms with Gasteiger partial charge in [0.05, 0.1) is 22.1 Å². The van der Waals surface area contributed by atoms with E-state index in [4.69, 9.17) is 11.6 Å². The van der Waals surface area contributed by atoms with Crippen LogP contribution in [-0.4, -0.2) is 42.4 Å². The van der Waals surface area contributed by atoms with Crippen molar-refractivity contribution in [2.45, 2.75) is 39.7 Å². The number of benzene rings is 1. The number of hydrogen-bond donors (Lipinski definition) is 2. The van der Waals surface area contributed by atoms with E-state index in [0.29, 0.717) is 17.3 Å². The quantitative estimate of drug-likeness (QED) is 0.764. The van der Waals surface area contributed by atoms with Gasteiger partial charge in [0.1, 0.15) is 0 Å². The molecule has 0 atom stereocenters. The maximum atomic E-state index is 12.4. The van der Waals surface area contributed by atoms with Crippen LogP contribution in [0.4, 0.5) is 5.69 Å². The van der Waals surface area contributed by atoms with Gasteiger partial charge in [0.2, 0.25) is 5.91 Å². The molecule has 2 N–H and O–H groups in total. The summed E-state index contributed by atoms with van der Waals surface area (Å²) in [5.74, 6) is -0.0656. The van der Waals surface area contributed by atoms with Crippen molar-refractivity contribution in [3.8, 4) is 0 Å². The lowest BCUT2D eigenvalue weighted by Gasteiger charge is -2.31. The number of thiophene rings is 1. The summed E-state index contributed by atoms with van der Waals surface area (Å²) in [5.41, 5.74) is 2.72. The number of piperidine rings is 1. The largest absolute Gasteiger partial charge is 0.349 e. The average Bonchev–Trinajstić information content (AvgIpc) is 3.06. The third kappa shape index (κ3) is 5.34. The van der Waals surface area contributed by atoms with Gasteiger partial charge in [-0.25, -0.2) is 0 Å². The number of anilines is 1. The van der Waals surface area contributed by atoms with Crippen molar-refractivity contribution in [1.82, 2.24) is 10.2 Å². The zero-order chi connectivity index (χ0) is 20.3. The summed E-state index contributed by atoms with van der Waals surface area (Å²) in [4.78, 5) is 28.7. The van der Waals surface area contributed by atoms with Gasteiger partial charge in [-0.05, 0) is 62.9 Å². The van der Waals surface area contributed by atoms with Crippen LogP contribution in [0.1, 0.15) is 38.5 Å². The van der Waals surface area contributed by atoms with E-state index in [0.717, 1.165) is 46.8 Å². The van der Waals surface area contributed by atoms with Crippen LogP contribution in [0.3, 0.4) is 0 Å². The highest BCUT2D eigenvalue weighted by molar-refractivity contribution is 7.13. The maximum absolute atomic E-state index is 12.4. The van der Waals surface area contributed by atoms with Crippen molar-refractivity contribution in [2.75, 3.05) is 25.0 Å². The highest BCUT2D eigenvalue weighted by Gasteiger charge is 2.23. The second kappa shape index (κ2) is 9.07. The minimum Gasteiger partial charge on any atom is -0.349 e. The standard InChI is InChI=1S/C21H26ClN3O2S/c1-13-10-14(2)20(17(22)11-13)24-19(26)12-25-8-6-16(7-9-25)23-21(27)18-5-4-15(3)28-18/h4-5,10-11,16H,6-9,12H2,1-3H3,(H,23,27)(H,24,26). The lowest BCUT2D eigenvalue weighted by atomic mass is 10.0. The Morgan fingerprint density at radius 3 is 2.50 bits per heavy atom. The summed E-state index contributed by atoms with van der Waals surface area (Å²) >= 11 is 7.78. The van der Waals surface area contributed by atoms with Crippen molar-refractivity contribution in [2.24, 2.45) is 0 Å². The van der Waals surface area contributed by atoms with Gasteiger partial charge in [-0.2, -0.15) is 0 Å². The van der Waals surface area contributed by atoms with Gasteiger partial charge >= 0.3 is 0 Å². The van der Waals surface area contributed by atoms with Crippen molar-refractivity contribution < 1.29 is 9.59 Å². The second-order valence-electron chi connectivity index (χ2n) is 7.42. The minimum absolute atomic E-state index is 0.00113. The molecule has 2 amide bonds. The molecule has 1 aliphatic heterocycles. The summed E-state index contributed by atoms with van der Waals surface area (Å²) in [6.07, 6.45) is 1.68. The molecule has 1 aromatic heterocycles. The van der Waals surface area contributed by atoms with E-state index >= 15 is 0 Å². The molecule has 3 rings (SSSR count). The van der Waals surface area contributed by atoms with Crippen LogP contribution in [0.15, 0.2) is 24.3 Å². The van der Waals surface area contributed by atoms with E-state index in [1.165, 1.54) is 11.3 Å². The molecular weight excluding hydrogens is 394 g/mol. The zero-order valence-corrected chi connectivity index (χ0v) is 18.0. The molecule has 28 heavy (non-hydrogen) atoms. The number of amides is 2. The van der Waals surface area contributed by atoms with E-state index in [-0.39, 0.29) is 17.9 Å². The zero-order valence-electron chi connectivity index (χ0n) is 16.5. The van der Waals surface area contributed by atoms with Crippen LogP contribution in [0, 0.1) is 20.8 Å². The number of halogens is 1. The fourth-order valence-electron chi connectivity index (χ4n) is 3.50. The number of aryl methyl sites for hydroxylation is 3. The molecule has 7 heteroatoms. The smallest absolute Gasteiger partial charge is 0.261 e. The molecule has 1 aromatic carbocycles. The SMILES string of the molecule is Cc1cc(C)c(NC(=O)CN2CCC(NC(=O)c3ccc(C)s3)CC2)c(Cl)c1. The van der Waals surface area contributed by atoms with Crippen LogP contribution >= 0.6 is 22.9 Å². The molecule has 1 saturated heterocycles. The first-order valence-corrected chi connectivity index (χ1v) is 10.7. The van der Waals surface area contributed by atoms with Gasteiger partial charge in [-0.15, -0.1) is 11.3 Å². The number of rotatable bonds is 5. The van der Waals surface area contributed by atoms with E-state index in [1.54, 1.807) is 0 Å². The van der Waals surface area contributed by atoms with Crippen LogP contribution < -0.4 is 10.6 Å². The summed E-state index contributed by atoms with van der Waals surface area (Å²) in [6.45, 7) is 7.81. The monoisotopic (exact) mass is 419 g/mol. The molecule has 0 aliphatic carbocycles. The Morgan fingerprint density at radius 2 is 1.89 bits per heavy atom. The van der Waals surface area contributed by atoms with Crippen molar-refractivity contribution >= 4 is 40.4 Å². The molecule has 5 nitrogen and oxygen atoms in total. The molecule has 2 heterocycles. The Morgan fingerprint density at radius 1 is 1.18 bits per heavy atom. The molecule has 0 radical (unpaired) electrons. The van der Waals surface area contributed by atoms with Crippen LogP contribution in [0.2, 0.25) is 5.02 Å². The first-order chi connectivity index (χ1) is 13.3. The molecule has 1 aliphatic rings. The predicted octanol–water partition coefficient (Wildman–Crippen LogP) is 4.16. The number of hydrogen-bond acceptors (Lipinski definition) is 4. The van der Waals surface area contributed by atoms with Crippen LogP contribution in [-0.2, 0) is 4.79 Å². The maximum Gasteiger partial charge on any atom is 0.261 e. The fraction of sp³-hybridized carbons (Fsp3) is 0.429. The summed E-state index contributed by atoms with van der Waals surface area (Å²) in [7, 11) is 0. The fourth-order valence-corrected chi connectivity index (χ4v) is 4.64. The number of nitrogens with one attached hydrogen (secondary N) is 2. The van der Waals surface area contributed by atoms with E-state index in [1.807, 2.05) is 45.0 Å². The molecular formula is C21H26ClN3O2S. The lowest BCUT2D eigenvalue weighted by Crippen LogP contribution is -2.46. The Balaban J connectivity index is 1.46. The van der Waals surface area contributed by atoms with Gasteiger partial charge in [0.25, 0.3) is 5.91 Å². The highest BCUT2D eigenvalue weighted by atomic mass is 35.5. The van der Waals surface area contributed by atoms with Gasteiger partial charge in [0.15, 0.2) is 0 Å².